The van der Waals surface area contributed by atoms with E-state index in [0.717, 1.165) is 48.6 Å². The second-order valence-electron chi connectivity index (χ2n) is 7.71. The summed E-state index contributed by atoms with van der Waals surface area (Å²) in [5, 5.41) is 4.53. The summed E-state index contributed by atoms with van der Waals surface area (Å²) in [5.41, 5.74) is 1.46. The topological polar surface area (TPSA) is 61.9 Å². The quantitative estimate of drug-likeness (QED) is 0.621. The van der Waals surface area contributed by atoms with Gasteiger partial charge in [0.2, 0.25) is 0 Å². The van der Waals surface area contributed by atoms with Gasteiger partial charge in [-0.15, -0.1) is 12.4 Å². The summed E-state index contributed by atoms with van der Waals surface area (Å²) in [4.78, 5) is 17.6. The van der Waals surface area contributed by atoms with Gasteiger partial charge in [0.1, 0.15) is 17.1 Å². The molecule has 8 heteroatoms. The lowest BCUT2D eigenvalue weighted by molar-refractivity contribution is 0.0831. The Labute approximate surface area is 187 Å². The number of fused-ring (bicyclic) bond motifs is 1. The van der Waals surface area contributed by atoms with Crippen molar-refractivity contribution in [3.63, 3.8) is 0 Å². The van der Waals surface area contributed by atoms with Gasteiger partial charge in [-0.25, -0.2) is 0 Å². The largest absolute Gasteiger partial charge is 0.465 e. The number of nitrogens with one attached hydrogen (secondary N) is 1. The Bertz CT molecular complexity index is 1020. The highest BCUT2D eigenvalue weighted by Gasteiger charge is 2.27. The molecular weight excluding hydrogens is 425 g/mol. The van der Waals surface area contributed by atoms with Crippen molar-refractivity contribution in [3.8, 4) is 0 Å². The number of aryl methyl sites for hydroxylation is 2. The van der Waals surface area contributed by atoms with Gasteiger partial charge in [-0.2, -0.15) is 0 Å². The smallest absolute Gasteiger partial charge is 0.287 e. The Morgan fingerprint density at radius 1 is 1.13 bits per heavy atom. The lowest BCUT2D eigenvalue weighted by Crippen LogP contribution is -2.48. The van der Waals surface area contributed by atoms with Crippen LogP contribution in [0.15, 0.2) is 39.2 Å². The molecule has 1 unspecified atom stereocenters. The summed E-state index contributed by atoms with van der Waals surface area (Å²) in [5.74, 6) is 1.85. The van der Waals surface area contributed by atoms with Crippen LogP contribution in [0, 0.1) is 13.8 Å². The number of hydrogen-bond donors (Lipinski definition) is 1. The van der Waals surface area contributed by atoms with E-state index >= 15 is 0 Å². The van der Waals surface area contributed by atoms with Gasteiger partial charge >= 0.3 is 0 Å². The highest BCUT2D eigenvalue weighted by Crippen LogP contribution is 2.28. The summed E-state index contributed by atoms with van der Waals surface area (Å²) in [6, 6.07) is 9.33. The molecule has 30 heavy (non-hydrogen) atoms. The fourth-order valence-corrected chi connectivity index (χ4v) is 4.03. The normalized spacial score (nSPS) is 16.4. The van der Waals surface area contributed by atoms with Crippen molar-refractivity contribution in [2.45, 2.75) is 19.9 Å². The predicted molar refractivity (Wildman–Crippen MR) is 121 cm³/mol. The van der Waals surface area contributed by atoms with Crippen LogP contribution in [0.3, 0.4) is 0 Å². The highest BCUT2D eigenvalue weighted by atomic mass is 35.5. The molecule has 6 nitrogen and oxygen atoms in total. The molecule has 1 aromatic carbocycles. The lowest BCUT2D eigenvalue weighted by atomic mass is 10.1. The average Bonchev–Trinajstić information content (AvgIpc) is 3.27. The van der Waals surface area contributed by atoms with Crippen molar-refractivity contribution in [2.75, 3.05) is 39.8 Å². The maximum Gasteiger partial charge on any atom is 0.287 e. The molecule has 1 amide bonds. The first-order valence-electron chi connectivity index (χ1n) is 9.88. The van der Waals surface area contributed by atoms with Crippen LogP contribution in [0.1, 0.15) is 33.7 Å². The van der Waals surface area contributed by atoms with Crippen molar-refractivity contribution in [2.24, 2.45) is 0 Å². The zero-order valence-corrected chi connectivity index (χ0v) is 19.0. The Morgan fingerprint density at radius 2 is 1.87 bits per heavy atom. The van der Waals surface area contributed by atoms with E-state index in [2.05, 4.69) is 22.2 Å². The zero-order chi connectivity index (χ0) is 20.5. The number of nitrogens with zero attached hydrogens (tertiary/aromatic N) is 2. The number of furan rings is 2. The number of rotatable bonds is 5. The van der Waals surface area contributed by atoms with Crippen LogP contribution in [0.4, 0.5) is 0 Å². The summed E-state index contributed by atoms with van der Waals surface area (Å²) >= 11 is 6.09. The fourth-order valence-electron chi connectivity index (χ4n) is 3.86. The predicted octanol–water partition coefficient (Wildman–Crippen LogP) is 4.44. The number of amides is 1. The van der Waals surface area contributed by atoms with Crippen LogP contribution in [-0.4, -0.2) is 55.5 Å². The van der Waals surface area contributed by atoms with Gasteiger partial charge in [0.05, 0.1) is 6.04 Å². The average molecular weight is 452 g/mol. The van der Waals surface area contributed by atoms with Gasteiger partial charge in [0.15, 0.2) is 5.76 Å². The second kappa shape index (κ2) is 9.43. The van der Waals surface area contributed by atoms with Crippen LogP contribution in [-0.2, 0) is 0 Å². The van der Waals surface area contributed by atoms with Gasteiger partial charge in [-0.1, -0.05) is 11.6 Å². The van der Waals surface area contributed by atoms with Crippen LogP contribution in [0.25, 0.3) is 11.0 Å². The molecule has 1 aliphatic rings. The molecule has 0 bridgehead atoms. The molecule has 0 radical (unpaired) electrons. The fraction of sp³-hybridized carbons (Fsp3) is 0.409. The number of benzene rings is 1. The van der Waals surface area contributed by atoms with Gasteiger partial charge in [-0.3, -0.25) is 9.69 Å². The SMILES string of the molecule is Cc1ccc(C(CNC(=O)c2oc3ccc(Cl)cc3c2C)N2CCN(C)CC2)o1.Cl. The molecule has 162 valence electrons. The maximum absolute atomic E-state index is 12.9. The van der Waals surface area contributed by atoms with E-state index in [1.54, 1.807) is 12.1 Å². The number of likely N-dealkylation sites (N-methyl/N-ethyl adjacent to an activating group) is 1. The summed E-state index contributed by atoms with van der Waals surface area (Å²) < 4.78 is 11.7. The molecule has 0 saturated carbocycles. The van der Waals surface area contributed by atoms with Gasteiger partial charge in [0, 0.05) is 48.7 Å². The molecule has 2 aromatic heterocycles. The van der Waals surface area contributed by atoms with E-state index in [4.69, 9.17) is 20.4 Å². The Morgan fingerprint density at radius 3 is 2.53 bits per heavy atom. The standard InChI is InChI=1S/C22H26ClN3O3.ClH/c1-14-4-6-20(28-14)18(26-10-8-25(3)9-11-26)13-24-22(27)21-15(2)17-12-16(23)5-7-19(17)29-21;/h4-7,12,18H,8-11,13H2,1-3H3,(H,24,27);1H. The van der Waals surface area contributed by atoms with Crippen LogP contribution >= 0.6 is 24.0 Å². The molecule has 0 aliphatic carbocycles. The van der Waals surface area contributed by atoms with Crippen molar-refractivity contribution in [3.05, 3.63) is 58.2 Å². The third-order valence-electron chi connectivity index (χ3n) is 5.63. The van der Waals surface area contributed by atoms with Crippen LogP contribution < -0.4 is 5.32 Å². The van der Waals surface area contributed by atoms with Crippen molar-refractivity contribution < 1.29 is 13.6 Å². The number of piperazine rings is 1. The first-order chi connectivity index (χ1) is 13.9. The molecule has 1 atom stereocenters. The molecule has 3 heterocycles. The first kappa shape index (κ1) is 22.7. The Hall–Kier alpha value is -1.99. The number of halogens is 2. The molecule has 3 aromatic rings. The number of carbonyl (C=O) groups excluding carboxylic acids is 1. The number of hydrogen-bond acceptors (Lipinski definition) is 5. The maximum atomic E-state index is 12.9. The first-order valence-corrected chi connectivity index (χ1v) is 10.3. The minimum atomic E-state index is -0.225. The van der Waals surface area contributed by atoms with Crippen molar-refractivity contribution in [1.82, 2.24) is 15.1 Å². The molecule has 1 saturated heterocycles. The van der Waals surface area contributed by atoms with Crippen molar-refractivity contribution in [1.29, 1.82) is 0 Å². The highest BCUT2D eigenvalue weighted by molar-refractivity contribution is 6.31. The van der Waals surface area contributed by atoms with Gasteiger partial charge in [-0.05, 0) is 51.2 Å². The Kier molecular flexibility index (Phi) is 7.14. The van der Waals surface area contributed by atoms with Crippen LogP contribution in [0.2, 0.25) is 5.02 Å². The van der Waals surface area contributed by atoms with Gasteiger partial charge < -0.3 is 19.1 Å². The van der Waals surface area contributed by atoms with Crippen LogP contribution in [0.5, 0.6) is 0 Å². The van der Waals surface area contributed by atoms with E-state index in [0.29, 0.717) is 22.9 Å². The molecule has 1 fully saturated rings. The monoisotopic (exact) mass is 451 g/mol. The third kappa shape index (κ3) is 4.67. The van der Waals surface area contributed by atoms with E-state index in [-0.39, 0.29) is 24.4 Å². The van der Waals surface area contributed by atoms with E-state index in [1.165, 1.54) is 0 Å². The molecule has 1 aliphatic heterocycles. The number of carbonyl (C=O) groups is 1. The minimum Gasteiger partial charge on any atom is -0.465 e. The third-order valence-corrected chi connectivity index (χ3v) is 5.86. The van der Waals surface area contributed by atoms with Crippen molar-refractivity contribution >= 4 is 40.9 Å². The second-order valence-corrected chi connectivity index (χ2v) is 8.15. The molecular formula is C22H27Cl2N3O3. The van der Waals surface area contributed by atoms with E-state index in [9.17, 15) is 4.79 Å². The zero-order valence-electron chi connectivity index (χ0n) is 17.4. The molecule has 1 N–H and O–H groups in total. The minimum absolute atomic E-state index is 0. The van der Waals surface area contributed by atoms with E-state index < -0.39 is 0 Å². The summed E-state index contributed by atoms with van der Waals surface area (Å²) in [6.07, 6.45) is 0. The summed E-state index contributed by atoms with van der Waals surface area (Å²) in [7, 11) is 2.13. The Balaban J connectivity index is 0.00000256. The van der Waals surface area contributed by atoms with E-state index in [1.807, 2.05) is 32.0 Å². The lowest BCUT2D eigenvalue weighted by Gasteiger charge is -2.37. The molecule has 4 rings (SSSR count). The summed E-state index contributed by atoms with van der Waals surface area (Å²) in [6.45, 7) is 8.11. The molecule has 0 spiro atoms. The van der Waals surface area contributed by atoms with Gasteiger partial charge in [0.25, 0.3) is 5.91 Å².